The van der Waals surface area contributed by atoms with E-state index in [4.69, 9.17) is 15.2 Å². The Morgan fingerprint density at radius 1 is 1.17 bits per heavy atom. The van der Waals surface area contributed by atoms with Gasteiger partial charge in [-0.15, -0.1) is 0 Å². The molecular formula is C15H25NO2. The van der Waals surface area contributed by atoms with Crippen molar-refractivity contribution in [3.8, 4) is 5.75 Å². The zero-order chi connectivity index (χ0) is 13.2. The van der Waals surface area contributed by atoms with E-state index in [1.807, 2.05) is 24.3 Å². The lowest BCUT2D eigenvalue weighted by Gasteiger charge is -2.11. The van der Waals surface area contributed by atoms with E-state index < -0.39 is 0 Å². The van der Waals surface area contributed by atoms with Crippen molar-refractivity contribution in [2.75, 3.05) is 19.8 Å². The molecule has 0 aliphatic heterocycles. The summed E-state index contributed by atoms with van der Waals surface area (Å²) in [5.74, 6) is 1.51. The second-order valence-electron chi connectivity index (χ2n) is 4.67. The maximum Gasteiger partial charge on any atom is 0.119 e. The van der Waals surface area contributed by atoms with Gasteiger partial charge in [0.25, 0.3) is 0 Å². The van der Waals surface area contributed by atoms with Crippen LogP contribution in [0.15, 0.2) is 24.3 Å². The minimum Gasteiger partial charge on any atom is -0.491 e. The maximum absolute atomic E-state index is 5.58. The Balaban J connectivity index is 2.10. The summed E-state index contributed by atoms with van der Waals surface area (Å²) in [5.41, 5.74) is 6.65. The van der Waals surface area contributed by atoms with Crippen LogP contribution in [-0.2, 0) is 11.3 Å². The standard InChI is InChI=1S/C15H25NO2/c1-3-4-13(2)12-17-9-10-18-15-7-5-14(11-16)6-8-15/h5-8,13H,3-4,9-12,16H2,1-2H3. The van der Waals surface area contributed by atoms with Crippen LogP contribution in [0.4, 0.5) is 0 Å². The van der Waals surface area contributed by atoms with Gasteiger partial charge in [-0.25, -0.2) is 0 Å². The van der Waals surface area contributed by atoms with Gasteiger partial charge in [-0.2, -0.15) is 0 Å². The minimum absolute atomic E-state index is 0.568. The van der Waals surface area contributed by atoms with Crippen LogP contribution in [0.25, 0.3) is 0 Å². The highest BCUT2D eigenvalue weighted by molar-refractivity contribution is 5.26. The molecule has 1 aromatic rings. The van der Waals surface area contributed by atoms with Gasteiger partial charge in [0.1, 0.15) is 12.4 Å². The molecule has 1 rings (SSSR count). The minimum atomic E-state index is 0.568. The highest BCUT2D eigenvalue weighted by atomic mass is 16.5. The SMILES string of the molecule is CCCC(C)COCCOc1ccc(CN)cc1. The summed E-state index contributed by atoms with van der Waals surface area (Å²) in [6, 6.07) is 7.86. The van der Waals surface area contributed by atoms with Gasteiger partial charge in [0, 0.05) is 13.2 Å². The molecule has 18 heavy (non-hydrogen) atoms. The van der Waals surface area contributed by atoms with Crippen LogP contribution in [0.5, 0.6) is 5.75 Å². The Morgan fingerprint density at radius 2 is 1.89 bits per heavy atom. The number of benzene rings is 1. The Hall–Kier alpha value is -1.06. The number of hydrogen-bond donors (Lipinski definition) is 1. The van der Waals surface area contributed by atoms with Gasteiger partial charge in [0.05, 0.1) is 6.61 Å². The van der Waals surface area contributed by atoms with Crippen LogP contribution >= 0.6 is 0 Å². The second-order valence-corrected chi connectivity index (χ2v) is 4.67. The molecule has 0 amide bonds. The average molecular weight is 251 g/mol. The molecule has 3 heteroatoms. The highest BCUT2D eigenvalue weighted by Crippen LogP contribution is 2.11. The fraction of sp³-hybridized carbons (Fsp3) is 0.600. The van der Waals surface area contributed by atoms with Crippen LogP contribution in [0.3, 0.4) is 0 Å². The van der Waals surface area contributed by atoms with Gasteiger partial charge in [0.2, 0.25) is 0 Å². The fourth-order valence-electron chi connectivity index (χ4n) is 1.80. The zero-order valence-corrected chi connectivity index (χ0v) is 11.5. The van der Waals surface area contributed by atoms with Gasteiger partial charge < -0.3 is 15.2 Å². The van der Waals surface area contributed by atoms with Crippen molar-refractivity contribution in [2.45, 2.75) is 33.2 Å². The third-order valence-corrected chi connectivity index (χ3v) is 2.84. The quantitative estimate of drug-likeness (QED) is 0.686. The van der Waals surface area contributed by atoms with Crippen molar-refractivity contribution in [1.82, 2.24) is 0 Å². The van der Waals surface area contributed by atoms with E-state index >= 15 is 0 Å². The molecule has 0 spiro atoms. The molecule has 2 N–H and O–H groups in total. The average Bonchev–Trinajstić information content (AvgIpc) is 2.39. The van der Waals surface area contributed by atoms with Crippen molar-refractivity contribution in [3.05, 3.63) is 29.8 Å². The van der Waals surface area contributed by atoms with Crippen LogP contribution in [-0.4, -0.2) is 19.8 Å². The molecule has 1 unspecified atom stereocenters. The second kappa shape index (κ2) is 8.95. The Bertz CT molecular complexity index is 311. The van der Waals surface area contributed by atoms with E-state index in [2.05, 4.69) is 13.8 Å². The zero-order valence-electron chi connectivity index (χ0n) is 11.5. The molecule has 0 heterocycles. The Labute approximate surface area is 110 Å². The lowest BCUT2D eigenvalue weighted by Crippen LogP contribution is -2.11. The summed E-state index contributed by atoms with van der Waals surface area (Å²) < 4.78 is 11.2. The fourth-order valence-corrected chi connectivity index (χ4v) is 1.80. The molecule has 0 aromatic heterocycles. The molecule has 0 saturated carbocycles. The first-order valence-electron chi connectivity index (χ1n) is 6.75. The normalized spacial score (nSPS) is 12.4. The van der Waals surface area contributed by atoms with Gasteiger partial charge >= 0.3 is 0 Å². The predicted molar refractivity (Wildman–Crippen MR) is 74.7 cm³/mol. The molecule has 0 radical (unpaired) electrons. The van der Waals surface area contributed by atoms with Crippen molar-refractivity contribution in [1.29, 1.82) is 0 Å². The first-order valence-corrected chi connectivity index (χ1v) is 6.75. The van der Waals surface area contributed by atoms with Gasteiger partial charge in [-0.05, 0) is 30.0 Å². The van der Waals surface area contributed by atoms with E-state index in [1.165, 1.54) is 12.8 Å². The molecule has 0 bridgehead atoms. The third-order valence-electron chi connectivity index (χ3n) is 2.84. The summed E-state index contributed by atoms with van der Waals surface area (Å²) in [6.07, 6.45) is 2.44. The summed E-state index contributed by atoms with van der Waals surface area (Å²) in [6.45, 7) is 7.05. The molecule has 0 aliphatic rings. The molecular weight excluding hydrogens is 226 g/mol. The highest BCUT2D eigenvalue weighted by Gasteiger charge is 2.00. The lowest BCUT2D eigenvalue weighted by atomic mass is 10.1. The smallest absolute Gasteiger partial charge is 0.119 e. The van der Waals surface area contributed by atoms with E-state index in [9.17, 15) is 0 Å². The summed E-state index contributed by atoms with van der Waals surface area (Å²) in [5, 5.41) is 0. The Kier molecular flexibility index (Phi) is 7.46. The molecule has 3 nitrogen and oxygen atoms in total. The molecule has 1 atom stereocenters. The van der Waals surface area contributed by atoms with Crippen molar-refractivity contribution >= 4 is 0 Å². The van der Waals surface area contributed by atoms with Crippen molar-refractivity contribution < 1.29 is 9.47 Å². The predicted octanol–water partition coefficient (Wildman–Crippen LogP) is 2.98. The molecule has 102 valence electrons. The van der Waals surface area contributed by atoms with E-state index in [-0.39, 0.29) is 0 Å². The first-order chi connectivity index (χ1) is 8.76. The van der Waals surface area contributed by atoms with E-state index in [0.717, 1.165) is 17.9 Å². The van der Waals surface area contributed by atoms with Gasteiger partial charge in [0.15, 0.2) is 0 Å². The number of ether oxygens (including phenoxy) is 2. The largest absolute Gasteiger partial charge is 0.491 e. The van der Waals surface area contributed by atoms with Crippen molar-refractivity contribution in [3.63, 3.8) is 0 Å². The molecule has 0 saturated heterocycles. The number of nitrogens with two attached hydrogens (primary N) is 1. The van der Waals surface area contributed by atoms with E-state index in [1.54, 1.807) is 0 Å². The Morgan fingerprint density at radius 3 is 2.50 bits per heavy atom. The van der Waals surface area contributed by atoms with Crippen LogP contribution < -0.4 is 10.5 Å². The third kappa shape index (κ3) is 6.03. The monoisotopic (exact) mass is 251 g/mol. The van der Waals surface area contributed by atoms with Crippen LogP contribution in [0.2, 0.25) is 0 Å². The van der Waals surface area contributed by atoms with Crippen LogP contribution in [0.1, 0.15) is 32.3 Å². The lowest BCUT2D eigenvalue weighted by molar-refractivity contribution is 0.0758. The van der Waals surface area contributed by atoms with Crippen molar-refractivity contribution in [2.24, 2.45) is 11.7 Å². The molecule has 0 aliphatic carbocycles. The summed E-state index contributed by atoms with van der Waals surface area (Å²) in [4.78, 5) is 0. The number of hydrogen-bond acceptors (Lipinski definition) is 3. The van der Waals surface area contributed by atoms with Gasteiger partial charge in [-0.3, -0.25) is 0 Å². The molecule has 1 aromatic carbocycles. The number of rotatable bonds is 9. The van der Waals surface area contributed by atoms with Crippen LogP contribution in [0, 0.1) is 5.92 Å². The summed E-state index contributed by atoms with van der Waals surface area (Å²) >= 11 is 0. The maximum atomic E-state index is 5.58. The topological polar surface area (TPSA) is 44.5 Å². The van der Waals surface area contributed by atoms with E-state index in [0.29, 0.717) is 25.7 Å². The van der Waals surface area contributed by atoms with Gasteiger partial charge in [-0.1, -0.05) is 32.4 Å². The first kappa shape index (κ1) is 15.0. The molecule has 0 fully saturated rings. The summed E-state index contributed by atoms with van der Waals surface area (Å²) in [7, 11) is 0.